The maximum absolute atomic E-state index is 11.5. The fourth-order valence-electron chi connectivity index (χ4n) is 1.92. The topological polar surface area (TPSA) is 38.3 Å². The molecule has 2 aromatic rings. The Morgan fingerprint density at radius 2 is 2.05 bits per heavy atom. The van der Waals surface area contributed by atoms with Crippen molar-refractivity contribution in [2.75, 3.05) is 12.4 Å². The van der Waals surface area contributed by atoms with Crippen molar-refractivity contribution in [1.82, 2.24) is 0 Å². The molecule has 0 fully saturated rings. The average Bonchev–Trinajstić information content (AvgIpc) is 2.49. The molecule has 0 aliphatic carbocycles. The summed E-state index contributed by atoms with van der Waals surface area (Å²) in [6, 6.07) is 11.2. The molecule has 0 saturated heterocycles. The maximum atomic E-state index is 11.5. The van der Waals surface area contributed by atoms with Crippen LogP contribution in [0.1, 0.15) is 21.5 Å². The number of rotatable bonds is 4. The number of esters is 1. The molecule has 0 saturated carbocycles. The summed E-state index contributed by atoms with van der Waals surface area (Å²) in [6.45, 7) is 2.66. The Balaban J connectivity index is 2.15. The smallest absolute Gasteiger partial charge is 0.337 e. The number of aryl methyl sites for hydroxylation is 1. The van der Waals surface area contributed by atoms with E-state index in [0.717, 1.165) is 10.0 Å². The number of hydrogen-bond acceptors (Lipinski definition) is 3. The third-order valence-electron chi connectivity index (χ3n) is 3.09. The molecular formula is C16H15BrClNO2. The number of carbonyl (C=O) groups excluding carboxylic acids is 1. The van der Waals surface area contributed by atoms with E-state index in [0.29, 0.717) is 22.8 Å². The van der Waals surface area contributed by atoms with Crippen LogP contribution in [0, 0.1) is 6.92 Å². The molecule has 2 rings (SSSR count). The molecular weight excluding hydrogens is 354 g/mol. The van der Waals surface area contributed by atoms with Crippen molar-refractivity contribution in [2.24, 2.45) is 0 Å². The number of carbonyl (C=O) groups is 1. The first-order chi connectivity index (χ1) is 10.0. The van der Waals surface area contributed by atoms with Gasteiger partial charge in [0.25, 0.3) is 0 Å². The molecule has 110 valence electrons. The van der Waals surface area contributed by atoms with Gasteiger partial charge in [-0.2, -0.15) is 0 Å². The van der Waals surface area contributed by atoms with E-state index in [1.54, 1.807) is 18.2 Å². The van der Waals surface area contributed by atoms with Gasteiger partial charge in [-0.05, 0) is 42.3 Å². The van der Waals surface area contributed by atoms with Gasteiger partial charge in [-0.15, -0.1) is 0 Å². The van der Waals surface area contributed by atoms with Crippen LogP contribution in [0.2, 0.25) is 5.02 Å². The zero-order valence-electron chi connectivity index (χ0n) is 11.7. The van der Waals surface area contributed by atoms with Gasteiger partial charge in [0.15, 0.2) is 0 Å². The van der Waals surface area contributed by atoms with E-state index in [-0.39, 0.29) is 5.97 Å². The fraction of sp³-hybridized carbons (Fsp3) is 0.188. The van der Waals surface area contributed by atoms with Gasteiger partial charge < -0.3 is 10.1 Å². The largest absolute Gasteiger partial charge is 0.465 e. The molecule has 0 bridgehead atoms. The number of methoxy groups -OCH3 is 1. The Bertz CT molecular complexity index is 673. The van der Waals surface area contributed by atoms with Gasteiger partial charge in [0.05, 0.1) is 23.4 Å². The van der Waals surface area contributed by atoms with E-state index in [4.69, 9.17) is 16.3 Å². The monoisotopic (exact) mass is 367 g/mol. The third kappa shape index (κ3) is 3.99. The highest BCUT2D eigenvalue weighted by Gasteiger charge is 2.09. The molecule has 0 aliphatic rings. The number of hydrogen-bond donors (Lipinski definition) is 1. The number of benzene rings is 2. The van der Waals surface area contributed by atoms with Gasteiger partial charge in [0.2, 0.25) is 0 Å². The minimum absolute atomic E-state index is 0.380. The Labute approximate surface area is 137 Å². The second kappa shape index (κ2) is 6.96. The quantitative estimate of drug-likeness (QED) is 0.787. The van der Waals surface area contributed by atoms with Crippen LogP contribution >= 0.6 is 27.5 Å². The second-order valence-corrected chi connectivity index (χ2v) is 5.88. The lowest BCUT2D eigenvalue weighted by Crippen LogP contribution is -2.04. The van der Waals surface area contributed by atoms with Gasteiger partial charge >= 0.3 is 5.97 Å². The summed E-state index contributed by atoms with van der Waals surface area (Å²) in [6.07, 6.45) is 0. The number of nitrogens with one attached hydrogen (secondary N) is 1. The summed E-state index contributed by atoms with van der Waals surface area (Å²) in [4.78, 5) is 11.5. The zero-order valence-corrected chi connectivity index (χ0v) is 14.1. The Morgan fingerprint density at radius 3 is 2.71 bits per heavy atom. The van der Waals surface area contributed by atoms with E-state index in [1.807, 2.05) is 19.1 Å². The van der Waals surface area contributed by atoms with Gasteiger partial charge in [-0.1, -0.05) is 39.7 Å². The lowest BCUT2D eigenvalue weighted by molar-refractivity contribution is 0.0601. The van der Waals surface area contributed by atoms with E-state index in [9.17, 15) is 4.79 Å². The minimum atomic E-state index is -0.380. The molecule has 0 radical (unpaired) electrons. The Hall–Kier alpha value is -1.52. The molecule has 3 nitrogen and oxygen atoms in total. The van der Waals surface area contributed by atoms with Gasteiger partial charge in [0, 0.05) is 11.0 Å². The second-order valence-electron chi connectivity index (χ2n) is 4.62. The standard InChI is InChI=1S/C16H15BrClNO2/c1-10-7-11(3-5-13(10)17)9-19-15-8-12(16(20)21-2)4-6-14(15)18/h3-8,19H,9H2,1-2H3. The van der Waals surface area contributed by atoms with Gasteiger partial charge in [-0.3, -0.25) is 0 Å². The minimum Gasteiger partial charge on any atom is -0.465 e. The summed E-state index contributed by atoms with van der Waals surface area (Å²) in [5, 5.41) is 3.81. The summed E-state index contributed by atoms with van der Waals surface area (Å²) in [5.41, 5.74) is 3.48. The summed E-state index contributed by atoms with van der Waals surface area (Å²) in [7, 11) is 1.36. The van der Waals surface area contributed by atoms with Crippen LogP contribution in [-0.2, 0) is 11.3 Å². The van der Waals surface area contributed by atoms with Crippen LogP contribution in [-0.4, -0.2) is 13.1 Å². The first kappa shape index (κ1) is 15.9. The molecule has 0 amide bonds. The lowest BCUT2D eigenvalue weighted by Gasteiger charge is -2.11. The molecule has 2 aromatic carbocycles. The van der Waals surface area contributed by atoms with Crippen molar-refractivity contribution in [3.63, 3.8) is 0 Å². The van der Waals surface area contributed by atoms with Crippen molar-refractivity contribution in [1.29, 1.82) is 0 Å². The number of ether oxygens (including phenoxy) is 1. The van der Waals surface area contributed by atoms with Crippen molar-refractivity contribution in [2.45, 2.75) is 13.5 Å². The van der Waals surface area contributed by atoms with Gasteiger partial charge in [-0.25, -0.2) is 4.79 Å². The summed E-state index contributed by atoms with van der Waals surface area (Å²) < 4.78 is 5.79. The summed E-state index contributed by atoms with van der Waals surface area (Å²) >= 11 is 9.62. The normalized spacial score (nSPS) is 10.3. The number of anilines is 1. The fourth-order valence-corrected chi connectivity index (χ4v) is 2.35. The third-order valence-corrected chi connectivity index (χ3v) is 4.31. The Kier molecular flexibility index (Phi) is 5.26. The number of halogens is 2. The van der Waals surface area contributed by atoms with Crippen molar-refractivity contribution < 1.29 is 9.53 Å². The highest BCUT2D eigenvalue weighted by Crippen LogP contribution is 2.24. The molecule has 0 atom stereocenters. The Morgan fingerprint density at radius 1 is 1.29 bits per heavy atom. The van der Waals surface area contributed by atoms with Crippen LogP contribution in [0.3, 0.4) is 0 Å². The molecule has 0 spiro atoms. The molecule has 5 heteroatoms. The summed E-state index contributed by atoms with van der Waals surface area (Å²) in [5.74, 6) is -0.380. The zero-order chi connectivity index (χ0) is 15.4. The predicted molar refractivity (Wildman–Crippen MR) is 89.0 cm³/mol. The van der Waals surface area contributed by atoms with Crippen molar-refractivity contribution in [3.05, 3.63) is 62.6 Å². The molecule has 21 heavy (non-hydrogen) atoms. The maximum Gasteiger partial charge on any atom is 0.337 e. The first-order valence-electron chi connectivity index (χ1n) is 6.38. The van der Waals surface area contributed by atoms with Crippen molar-refractivity contribution >= 4 is 39.2 Å². The highest BCUT2D eigenvalue weighted by molar-refractivity contribution is 9.10. The van der Waals surface area contributed by atoms with Gasteiger partial charge in [0.1, 0.15) is 0 Å². The van der Waals surface area contributed by atoms with Crippen LogP contribution < -0.4 is 5.32 Å². The van der Waals surface area contributed by atoms with Crippen LogP contribution in [0.5, 0.6) is 0 Å². The van der Waals surface area contributed by atoms with E-state index in [2.05, 4.69) is 27.3 Å². The predicted octanol–water partition coefficient (Wildman–Crippen LogP) is 4.81. The molecule has 0 aromatic heterocycles. The van der Waals surface area contributed by atoms with E-state index in [1.165, 1.54) is 12.7 Å². The molecule has 0 aliphatic heterocycles. The molecule has 0 heterocycles. The van der Waals surface area contributed by atoms with Crippen LogP contribution in [0.15, 0.2) is 40.9 Å². The van der Waals surface area contributed by atoms with E-state index < -0.39 is 0 Å². The lowest BCUT2D eigenvalue weighted by atomic mass is 10.1. The van der Waals surface area contributed by atoms with Crippen LogP contribution in [0.25, 0.3) is 0 Å². The average molecular weight is 369 g/mol. The molecule has 1 N–H and O–H groups in total. The SMILES string of the molecule is COC(=O)c1ccc(Cl)c(NCc2ccc(Br)c(C)c2)c1. The van der Waals surface area contributed by atoms with E-state index >= 15 is 0 Å². The highest BCUT2D eigenvalue weighted by atomic mass is 79.9. The molecule has 0 unspecified atom stereocenters. The van der Waals surface area contributed by atoms with Crippen LogP contribution in [0.4, 0.5) is 5.69 Å². The van der Waals surface area contributed by atoms with Crippen molar-refractivity contribution in [3.8, 4) is 0 Å². The first-order valence-corrected chi connectivity index (χ1v) is 7.55.